The van der Waals surface area contributed by atoms with Crippen LogP contribution in [-0.2, 0) is 6.54 Å². The summed E-state index contributed by atoms with van der Waals surface area (Å²) in [4.78, 5) is 10.9. The van der Waals surface area contributed by atoms with Gasteiger partial charge in [-0.2, -0.15) is 0 Å². The van der Waals surface area contributed by atoms with E-state index in [1.807, 2.05) is 0 Å². The number of ether oxygens (including phenoxy) is 1. The van der Waals surface area contributed by atoms with E-state index < -0.39 is 0 Å². The van der Waals surface area contributed by atoms with Gasteiger partial charge in [-0.1, -0.05) is 0 Å². The van der Waals surface area contributed by atoms with Crippen molar-refractivity contribution in [3.05, 3.63) is 18.1 Å². The van der Waals surface area contributed by atoms with Crippen LogP contribution in [0.4, 0.5) is 0 Å². The Bertz CT molecular complexity index is 345. The molecule has 1 atom stereocenters. The first-order valence-electron chi connectivity index (χ1n) is 5.60. The van der Waals surface area contributed by atoms with Crippen molar-refractivity contribution in [3.63, 3.8) is 0 Å². The highest BCUT2D eigenvalue weighted by atomic mass is 16.5. The summed E-state index contributed by atoms with van der Waals surface area (Å²) in [6, 6.07) is 0.528. The van der Waals surface area contributed by atoms with Crippen LogP contribution in [0.2, 0.25) is 0 Å². The molecule has 2 heterocycles. The molecule has 0 amide bonds. The molecule has 1 aromatic rings. The first kappa shape index (κ1) is 11.3. The molecule has 16 heavy (non-hydrogen) atoms. The van der Waals surface area contributed by atoms with Crippen molar-refractivity contribution in [1.29, 1.82) is 0 Å². The van der Waals surface area contributed by atoms with E-state index in [0.717, 1.165) is 31.9 Å². The molecular formula is C11H18N4O. The van der Waals surface area contributed by atoms with E-state index in [9.17, 15) is 0 Å². The molecule has 0 saturated carbocycles. The molecule has 1 fully saturated rings. The molecule has 1 N–H and O–H groups in total. The third-order valence-corrected chi connectivity index (χ3v) is 2.92. The third-order valence-electron chi connectivity index (χ3n) is 2.92. The number of nitrogens with zero attached hydrogens (tertiary/aromatic N) is 3. The summed E-state index contributed by atoms with van der Waals surface area (Å²) in [6.07, 6.45) is 3.37. The van der Waals surface area contributed by atoms with Crippen LogP contribution in [0.25, 0.3) is 0 Å². The Kier molecular flexibility index (Phi) is 3.69. The van der Waals surface area contributed by atoms with E-state index in [-0.39, 0.29) is 0 Å². The van der Waals surface area contributed by atoms with E-state index >= 15 is 0 Å². The normalized spacial score (nSPS) is 22.0. The van der Waals surface area contributed by atoms with Crippen LogP contribution < -0.4 is 10.1 Å². The van der Waals surface area contributed by atoms with Gasteiger partial charge < -0.3 is 10.1 Å². The fourth-order valence-electron chi connectivity index (χ4n) is 1.94. The van der Waals surface area contributed by atoms with Gasteiger partial charge in [0.15, 0.2) is 0 Å². The number of methoxy groups -OCH3 is 1. The molecule has 0 unspecified atom stereocenters. The molecule has 5 heteroatoms. The second-order valence-corrected chi connectivity index (χ2v) is 4.04. The summed E-state index contributed by atoms with van der Waals surface area (Å²) in [5.74, 6) is 0.633. The summed E-state index contributed by atoms with van der Waals surface area (Å²) >= 11 is 0. The van der Waals surface area contributed by atoms with Gasteiger partial charge >= 0.3 is 0 Å². The van der Waals surface area contributed by atoms with Gasteiger partial charge in [0.1, 0.15) is 5.69 Å². The Morgan fingerprint density at radius 2 is 2.31 bits per heavy atom. The van der Waals surface area contributed by atoms with E-state index in [1.54, 1.807) is 19.5 Å². The molecule has 2 rings (SSSR count). The van der Waals surface area contributed by atoms with Crippen LogP contribution in [0.3, 0.4) is 0 Å². The monoisotopic (exact) mass is 222 g/mol. The van der Waals surface area contributed by atoms with Gasteiger partial charge in [-0.3, -0.25) is 9.88 Å². The summed E-state index contributed by atoms with van der Waals surface area (Å²) in [6.45, 7) is 6.13. The SMILES string of the molecule is COc1nccnc1CN1CCNC[C@@H]1C. The highest BCUT2D eigenvalue weighted by molar-refractivity contribution is 5.17. The maximum Gasteiger partial charge on any atom is 0.236 e. The first-order chi connectivity index (χ1) is 7.81. The maximum absolute atomic E-state index is 5.21. The lowest BCUT2D eigenvalue weighted by Gasteiger charge is -2.33. The van der Waals surface area contributed by atoms with E-state index in [4.69, 9.17) is 4.74 Å². The molecular weight excluding hydrogens is 204 g/mol. The summed E-state index contributed by atoms with van der Waals surface area (Å²) < 4.78 is 5.21. The second kappa shape index (κ2) is 5.23. The van der Waals surface area contributed by atoms with Gasteiger partial charge in [0, 0.05) is 44.6 Å². The third kappa shape index (κ3) is 2.48. The van der Waals surface area contributed by atoms with Crippen LogP contribution in [0.1, 0.15) is 12.6 Å². The quantitative estimate of drug-likeness (QED) is 0.796. The van der Waals surface area contributed by atoms with Crippen molar-refractivity contribution in [2.45, 2.75) is 19.5 Å². The molecule has 88 valence electrons. The Hall–Kier alpha value is -1.20. The molecule has 0 spiro atoms. The average Bonchev–Trinajstić information content (AvgIpc) is 2.33. The molecule has 0 radical (unpaired) electrons. The topological polar surface area (TPSA) is 50.3 Å². The zero-order valence-corrected chi connectivity index (χ0v) is 9.81. The zero-order chi connectivity index (χ0) is 11.4. The number of aromatic nitrogens is 2. The predicted octanol–water partition coefficient (Wildman–Crippen LogP) is 0.279. The lowest BCUT2D eigenvalue weighted by molar-refractivity contribution is 0.161. The van der Waals surface area contributed by atoms with E-state index in [2.05, 4.69) is 27.1 Å². The fourth-order valence-corrected chi connectivity index (χ4v) is 1.94. The molecule has 5 nitrogen and oxygen atoms in total. The van der Waals surface area contributed by atoms with E-state index in [1.165, 1.54) is 0 Å². The van der Waals surface area contributed by atoms with Crippen LogP contribution >= 0.6 is 0 Å². The maximum atomic E-state index is 5.21. The molecule has 1 aromatic heterocycles. The lowest BCUT2D eigenvalue weighted by Crippen LogP contribution is -2.49. The lowest BCUT2D eigenvalue weighted by atomic mass is 10.2. The van der Waals surface area contributed by atoms with Crippen molar-refractivity contribution in [3.8, 4) is 5.88 Å². The van der Waals surface area contributed by atoms with Gasteiger partial charge in [0.25, 0.3) is 0 Å². The van der Waals surface area contributed by atoms with Gasteiger partial charge in [-0.15, -0.1) is 0 Å². The minimum Gasteiger partial charge on any atom is -0.480 e. The molecule has 1 aliphatic heterocycles. The molecule has 1 saturated heterocycles. The van der Waals surface area contributed by atoms with Crippen molar-refractivity contribution < 1.29 is 4.74 Å². The number of piperazine rings is 1. The van der Waals surface area contributed by atoms with Gasteiger partial charge in [0.05, 0.1) is 7.11 Å². The second-order valence-electron chi connectivity index (χ2n) is 4.04. The Labute approximate surface area is 95.8 Å². The Balaban J connectivity index is 2.07. The Morgan fingerprint density at radius 3 is 3.06 bits per heavy atom. The molecule has 1 aliphatic rings. The summed E-state index contributed by atoms with van der Waals surface area (Å²) in [5, 5.41) is 3.37. The van der Waals surface area contributed by atoms with Crippen LogP contribution in [0.5, 0.6) is 5.88 Å². The number of rotatable bonds is 3. The van der Waals surface area contributed by atoms with Crippen LogP contribution in [0.15, 0.2) is 12.4 Å². The average molecular weight is 222 g/mol. The van der Waals surface area contributed by atoms with Crippen LogP contribution in [0, 0.1) is 0 Å². The Morgan fingerprint density at radius 1 is 1.50 bits per heavy atom. The standard InChI is InChI=1S/C11H18N4O/c1-9-7-12-5-6-15(9)8-10-11(16-2)14-4-3-13-10/h3-4,9,12H,5-8H2,1-2H3/t9-/m0/s1. The summed E-state index contributed by atoms with van der Waals surface area (Å²) in [5.41, 5.74) is 0.916. The number of hydrogen-bond acceptors (Lipinski definition) is 5. The minimum atomic E-state index is 0.528. The van der Waals surface area contributed by atoms with Crippen molar-refractivity contribution in [2.75, 3.05) is 26.7 Å². The predicted molar refractivity (Wildman–Crippen MR) is 61.3 cm³/mol. The van der Waals surface area contributed by atoms with Gasteiger partial charge in [-0.25, -0.2) is 4.98 Å². The number of hydrogen-bond donors (Lipinski definition) is 1. The minimum absolute atomic E-state index is 0.528. The highest BCUT2D eigenvalue weighted by Gasteiger charge is 2.19. The van der Waals surface area contributed by atoms with Gasteiger partial charge in [0.2, 0.25) is 5.88 Å². The fraction of sp³-hybridized carbons (Fsp3) is 0.636. The highest BCUT2D eigenvalue weighted by Crippen LogP contribution is 2.15. The van der Waals surface area contributed by atoms with E-state index in [0.29, 0.717) is 11.9 Å². The molecule has 0 aromatic carbocycles. The van der Waals surface area contributed by atoms with Crippen molar-refractivity contribution in [1.82, 2.24) is 20.2 Å². The first-order valence-corrected chi connectivity index (χ1v) is 5.60. The largest absolute Gasteiger partial charge is 0.480 e. The van der Waals surface area contributed by atoms with Crippen molar-refractivity contribution in [2.24, 2.45) is 0 Å². The summed E-state index contributed by atoms with van der Waals surface area (Å²) in [7, 11) is 1.63. The number of nitrogens with one attached hydrogen (secondary N) is 1. The molecule has 0 bridgehead atoms. The molecule has 0 aliphatic carbocycles. The van der Waals surface area contributed by atoms with Crippen molar-refractivity contribution >= 4 is 0 Å². The zero-order valence-electron chi connectivity index (χ0n) is 9.81. The van der Waals surface area contributed by atoms with Crippen LogP contribution in [-0.4, -0.2) is 47.7 Å². The van der Waals surface area contributed by atoms with Gasteiger partial charge in [-0.05, 0) is 6.92 Å². The smallest absolute Gasteiger partial charge is 0.236 e.